The Labute approximate surface area is 59.4 Å². The zero-order chi connectivity index (χ0) is 7.98. The van der Waals surface area contributed by atoms with Gasteiger partial charge in [-0.1, -0.05) is 6.58 Å². The minimum atomic E-state index is -0.384. The summed E-state index contributed by atoms with van der Waals surface area (Å²) in [6, 6.07) is 0. The van der Waals surface area contributed by atoms with E-state index in [1.54, 1.807) is 0 Å². The first kappa shape index (κ1) is 9.13. The van der Waals surface area contributed by atoms with E-state index in [1.807, 2.05) is 0 Å². The van der Waals surface area contributed by atoms with Crippen molar-refractivity contribution in [2.75, 3.05) is 19.9 Å². The number of amides is 1. The number of hydrogen-bond acceptors (Lipinski definition) is 3. The highest BCUT2D eigenvalue weighted by molar-refractivity contribution is 5.86. The van der Waals surface area contributed by atoms with Crippen LogP contribution in [0.25, 0.3) is 0 Å². The van der Waals surface area contributed by atoms with Crippen LogP contribution in [0.15, 0.2) is 12.7 Å². The van der Waals surface area contributed by atoms with Gasteiger partial charge in [-0.05, 0) is 6.08 Å². The smallest absolute Gasteiger partial charge is 0.247 e. The molecule has 0 heterocycles. The predicted molar refractivity (Wildman–Crippen MR) is 36.1 cm³/mol. The molecule has 0 aliphatic carbocycles. The van der Waals surface area contributed by atoms with Crippen LogP contribution in [0, 0.1) is 0 Å². The van der Waals surface area contributed by atoms with Gasteiger partial charge in [0.2, 0.25) is 5.91 Å². The monoisotopic (exact) mass is 145 g/mol. The molecule has 0 spiro atoms. The molecule has 0 aromatic rings. The predicted octanol–water partition coefficient (Wildman–Crippen LogP) is -1.06. The molecule has 58 valence electrons. The van der Waals surface area contributed by atoms with Gasteiger partial charge in [0.25, 0.3) is 0 Å². The van der Waals surface area contributed by atoms with Crippen LogP contribution in [-0.2, 0) is 4.79 Å². The van der Waals surface area contributed by atoms with E-state index < -0.39 is 0 Å². The lowest BCUT2D eigenvalue weighted by atomic mass is 10.5. The fourth-order valence-corrected chi connectivity index (χ4v) is 0.500. The van der Waals surface area contributed by atoms with Gasteiger partial charge in [0.05, 0.1) is 6.61 Å². The van der Waals surface area contributed by atoms with E-state index in [2.05, 4.69) is 6.58 Å². The van der Waals surface area contributed by atoms with E-state index in [0.29, 0.717) is 0 Å². The lowest BCUT2D eigenvalue weighted by molar-refractivity contribution is -0.130. The maximum atomic E-state index is 10.7. The van der Waals surface area contributed by atoms with E-state index in [9.17, 15) is 4.79 Å². The number of aliphatic hydroxyl groups is 2. The molecule has 0 aliphatic heterocycles. The summed E-state index contributed by atoms with van der Waals surface area (Å²) in [5.41, 5.74) is 0. The Bertz CT molecular complexity index is 124. The summed E-state index contributed by atoms with van der Waals surface area (Å²) < 4.78 is 0. The molecule has 0 radical (unpaired) electrons. The van der Waals surface area contributed by atoms with Crippen molar-refractivity contribution in [1.82, 2.24) is 4.90 Å². The van der Waals surface area contributed by atoms with Crippen molar-refractivity contribution in [1.29, 1.82) is 0 Å². The molecule has 0 unspecified atom stereocenters. The number of aliphatic hydroxyl groups excluding tert-OH is 2. The zero-order valence-corrected chi connectivity index (χ0v) is 5.66. The first-order chi connectivity index (χ1) is 4.76. The van der Waals surface area contributed by atoms with Crippen molar-refractivity contribution >= 4 is 5.91 Å². The molecule has 0 atom stereocenters. The third kappa shape index (κ3) is 2.61. The molecule has 0 rings (SSSR count). The van der Waals surface area contributed by atoms with Crippen molar-refractivity contribution in [2.24, 2.45) is 0 Å². The van der Waals surface area contributed by atoms with Crippen molar-refractivity contribution in [3.05, 3.63) is 12.7 Å². The van der Waals surface area contributed by atoms with E-state index in [4.69, 9.17) is 10.2 Å². The van der Waals surface area contributed by atoms with Gasteiger partial charge in [-0.3, -0.25) is 4.79 Å². The summed E-state index contributed by atoms with van der Waals surface area (Å²) in [6.07, 6.45) is 1.09. The topological polar surface area (TPSA) is 60.8 Å². The number of hydrogen-bond donors (Lipinski definition) is 2. The first-order valence-electron chi connectivity index (χ1n) is 2.89. The SMILES string of the molecule is C=CC(=O)N(CO)CCO. The Morgan fingerprint density at radius 2 is 2.20 bits per heavy atom. The highest BCUT2D eigenvalue weighted by atomic mass is 16.3. The lowest BCUT2D eigenvalue weighted by Gasteiger charge is -2.15. The Kier molecular flexibility index (Phi) is 4.53. The van der Waals surface area contributed by atoms with Gasteiger partial charge < -0.3 is 15.1 Å². The number of carbonyl (C=O) groups is 1. The largest absolute Gasteiger partial charge is 0.395 e. The van der Waals surface area contributed by atoms with E-state index in [-0.39, 0.29) is 25.8 Å². The van der Waals surface area contributed by atoms with Crippen LogP contribution in [-0.4, -0.2) is 40.9 Å². The van der Waals surface area contributed by atoms with Gasteiger partial charge in [-0.25, -0.2) is 0 Å². The Balaban J connectivity index is 3.79. The van der Waals surface area contributed by atoms with Gasteiger partial charge >= 0.3 is 0 Å². The number of rotatable bonds is 4. The second-order valence-corrected chi connectivity index (χ2v) is 1.67. The molecule has 0 saturated heterocycles. The van der Waals surface area contributed by atoms with Crippen molar-refractivity contribution in [3.63, 3.8) is 0 Å². The number of carbonyl (C=O) groups excluding carboxylic acids is 1. The fourth-order valence-electron chi connectivity index (χ4n) is 0.500. The molecule has 4 nitrogen and oxygen atoms in total. The average molecular weight is 145 g/mol. The van der Waals surface area contributed by atoms with E-state index >= 15 is 0 Å². The second kappa shape index (κ2) is 4.96. The molecule has 0 aliphatic rings. The minimum Gasteiger partial charge on any atom is -0.395 e. The molecule has 4 heteroatoms. The normalized spacial score (nSPS) is 9.00. The molecular weight excluding hydrogens is 134 g/mol. The Hall–Kier alpha value is -0.870. The van der Waals surface area contributed by atoms with Crippen molar-refractivity contribution < 1.29 is 15.0 Å². The fraction of sp³-hybridized carbons (Fsp3) is 0.500. The summed E-state index contributed by atoms with van der Waals surface area (Å²) in [4.78, 5) is 11.7. The highest BCUT2D eigenvalue weighted by Gasteiger charge is 2.05. The maximum Gasteiger partial charge on any atom is 0.247 e. The molecule has 0 bridgehead atoms. The molecule has 0 aromatic carbocycles. The van der Waals surface area contributed by atoms with Crippen LogP contribution in [0.3, 0.4) is 0 Å². The van der Waals surface area contributed by atoms with Gasteiger partial charge in [0, 0.05) is 6.54 Å². The van der Waals surface area contributed by atoms with Gasteiger partial charge in [-0.2, -0.15) is 0 Å². The molecule has 10 heavy (non-hydrogen) atoms. The Morgan fingerprint density at radius 1 is 1.60 bits per heavy atom. The molecule has 1 amide bonds. The third-order valence-corrected chi connectivity index (χ3v) is 1.03. The van der Waals surface area contributed by atoms with Crippen LogP contribution in [0.2, 0.25) is 0 Å². The summed E-state index contributed by atoms with van der Waals surface area (Å²) in [5, 5.41) is 16.9. The zero-order valence-electron chi connectivity index (χ0n) is 5.66. The van der Waals surface area contributed by atoms with Crippen LogP contribution < -0.4 is 0 Å². The highest BCUT2D eigenvalue weighted by Crippen LogP contribution is 1.86. The standard InChI is InChI=1S/C6H11NO3/c1-2-6(10)7(5-9)3-4-8/h2,8-9H,1,3-5H2. The summed E-state index contributed by atoms with van der Waals surface area (Å²) in [5.74, 6) is -0.378. The number of nitrogens with zero attached hydrogens (tertiary/aromatic N) is 1. The van der Waals surface area contributed by atoms with Crippen LogP contribution in [0.5, 0.6) is 0 Å². The van der Waals surface area contributed by atoms with Crippen LogP contribution in [0.1, 0.15) is 0 Å². The summed E-state index contributed by atoms with van der Waals surface area (Å²) in [6.45, 7) is 2.83. The third-order valence-electron chi connectivity index (χ3n) is 1.03. The first-order valence-corrected chi connectivity index (χ1v) is 2.89. The van der Waals surface area contributed by atoms with Gasteiger partial charge in [0.15, 0.2) is 0 Å². The summed E-state index contributed by atoms with van der Waals surface area (Å²) >= 11 is 0. The minimum absolute atomic E-state index is 0.140. The van der Waals surface area contributed by atoms with E-state index in [0.717, 1.165) is 11.0 Å². The molecular formula is C6H11NO3. The van der Waals surface area contributed by atoms with Crippen LogP contribution >= 0.6 is 0 Å². The maximum absolute atomic E-state index is 10.7. The molecule has 0 aromatic heterocycles. The summed E-state index contributed by atoms with van der Waals surface area (Å²) in [7, 11) is 0. The molecule has 2 N–H and O–H groups in total. The van der Waals surface area contributed by atoms with Crippen LogP contribution in [0.4, 0.5) is 0 Å². The second-order valence-electron chi connectivity index (χ2n) is 1.67. The van der Waals surface area contributed by atoms with E-state index in [1.165, 1.54) is 0 Å². The van der Waals surface area contributed by atoms with Crippen molar-refractivity contribution in [3.8, 4) is 0 Å². The van der Waals surface area contributed by atoms with Gasteiger partial charge in [0.1, 0.15) is 6.73 Å². The average Bonchev–Trinajstić information content (AvgIpc) is 1.99. The molecule has 0 fully saturated rings. The van der Waals surface area contributed by atoms with Gasteiger partial charge in [-0.15, -0.1) is 0 Å². The quantitative estimate of drug-likeness (QED) is 0.391. The van der Waals surface area contributed by atoms with Crippen molar-refractivity contribution in [2.45, 2.75) is 0 Å². The Morgan fingerprint density at radius 3 is 2.50 bits per heavy atom. The molecule has 0 saturated carbocycles. The lowest BCUT2D eigenvalue weighted by Crippen LogP contribution is -2.32.